The van der Waals surface area contributed by atoms with Crippen LogP contribution in [-0.4, -0.2) is 13.1 Å². The zero-order chi connectivity index (χ0) is 13.1. The molecule has 0 radical (unpaired) electrons. The van der Waals surface area contributed by atoms with Crippen LogP contribution in [-0.2, 0) is 13.1 Å². The van der Waals surface area contributed by atoms with E-state index in [9.17, 15) is 4.39 Å². The van der Waals surface area contributed by atoms with Gasteiger partial charge in [0.1, 0.15) is 5.82 Å². The minimum Gasteiger partial charge on any atom is -0.366 e. The quantitative estimate of drug-likeness (QED) is 0.888. The summed E-state index contributed by atoms with van der Waals surface area (Å²) in [6.07, 6.45) is 0. The first-order valence-corrected chi connectivity index (χ1v) is 6.61. The number of fused-ring (bicyclic) bond motifs is 1. The van der Waals surface area contributed by atoms with Crippen LogP contribution in [0.4, 0.5) is 10.1 Å². The molecule has 1 aliphatic heterocycles. The van der Waals surface area contributed by atoms with Crippen molar-refractivity contribution in [3.63, 3.8) is 0 Å². The van der Waals surface area contributed by atoms with Gasteiger partial charge in [-0.1, -0.05) is 30.3 Å². The molecule has 0 unspecified atom stereocenters. The van der Waals surface area contributed by atoms with Crippen molar-refractivity contribution in [3.05, 3.63) is 65.5 Å². The van der Waals surface area contributed by atoms with Crippen molar-refractivity contribution in [2.45, 2.75) is 13.1 Å². The number of benzene rings is 2. The molecule has 0 saturated carbocycles. The molecule has 0 bridgehead atoms. The molecule has 0 amide bonds. The molecule has 3 rings (SSSR count). The Morgan fingerprint density at radius 1 is 1.11 bits per heavy atom. The molecule has 98 valence electrons. The van der Waals surface area contributed by atoms with E-state index in [4.69, 9.17) is 0 Å². The molecule has 0 saturated heterocycles. The van der Waals surface area contributed by atoms with Gasteiger partial charge in [-0.05, 0) is 29.3 Å². The Morgan fingerprint density at radius 3 is 2.89 bits per heavy atom. The Hall–Kier alpha value is -1.87. The summed E-state index contributed by atoms with van der Waals surface area (Å²) in [5.41, 5.74) is 3.56. The Balaban J connectivity index is 1.88. The van der Waals surface area contributed by atoms with E-state index in [0.717, 1.165) is 31.7 Å². The van der Waals surface area contributed by atoms with E-state index in [1.54, 1.807) is 12.1 Å². The van der Waals surface area contributed by atoms with Gasteiger partial charge in [0, 0.05) is 31.9 Å². The lowest BCUT2D eigenvalue weighted by Gasteiger charge is -2.24. The molecule has 1 aliphatic rings. The van der Waals surface area contributed by atoms with Gasteiger partial charge in [-0.3, -0.25) is 0 Å². The molecule has 0 fully saturated rings. The van der Waals surface area contributed by atoms with Crippen LogP contribution in [0.1, 0.15) is 11.1 Å². The summed E-state index contributed by atoms with van der Waals surface area (Å²) in [5, 5.41) is 3.41. The van der Waals surface area contributed by atoms with Crippen molar-refractivity contribution < 1.29 is 4.39 Å². The maximum absolute atomic E-state index is 13.3. The average molecular weight is 256 g/mol. The maximum atomic E-state index is 13.3. The summed E-state index contributed by atoms with van der Waals surface area (Å²) in [6, 6.07) is 15.3. The van der Waals surface area contributed by atoms with Gasteiger partial charge in [-0.15, -0.1) is 0 Å². The zero-order valence-corrected chi connectivity index (χ0v) is 10.8. The van der Waals surface area contributed by atoms with Crippen LogP contribution in [0.5, 0.6) is 0 Å². The first-order valence-electron chi connectivity index (χ1n) is 6.61. The van der Waals surface area contributed by atoms with Crippen LogP contribution in [0, 0.1) is 5.82 Å². The van der Waals surface area contributed by atoms with E-state index in [2.05, 4.69) is 34.5 Å². The molecular formula is C16H17FN2. The number of hydrogen-bond donors (Lipinski definition) is 1. The summed E-state index contributed by atoms with van der Waals surface area (Å²) in [5.74, 6) is -0.168. The second-order valence-electron chi connectivity index (χ2n) is 4.86. The second-order valence-corrected chi connectivity index (χ2v) is 4.86. The van der Waals surface area contributed by atoms with Crippen LogP contribution in [0.2, 0.25) is 0 Å². The van der Waals surface area contributed by atoms with E-state index < -0.39 is 0 Å². The molecule has 1 N–H and O–H groups in total. The van der Waals surface area contributed by atoms with Crippen LogP contribution >= 0.6 is 0 Å². The normalized spacial score (nSPS) is 14.9. The standard InChI is InChI=1S/C16H17FN2/c17-15-6-3-4-13(10-15)12-19-9-8-18-11-14-5-1-2-7-16(14)19/h1-7,10,18H,8-9,11-12H2. The first-order chi connectivity index (χ1) is 9.33. The lowest BCUT2D eigenvalue weighted by atomic mass is 10.1. The summed E-state index contributed by atoms with van der Waals surface area (Å²) >= 11 is 0. The lowest BCUT2D eigenvalue weighted by Crippen LogP contribution is -2.28. The highest BCUT2D eigenvalue weighted by Gasteiger charge is 2.14. The smallest absolute Gasteiger partial charge is 0.123 e. The highest BCUT2D eigenvalue weighted by Crippen LogP contribution is 2.23. The summed E-state index contributed by atoms with van der Waals surface area (Å²) in [4.78, 5) is 2.31. The summed E-state index contributed by atoms with van der Waals surface area (Å²) < 4.78 is 13.3. The van der Waals surface area contributed by atoms with E-state index in [-0.39, 0.29) is 5.82 Å². The summed E-state index contributed by atoms with van der Waals surface area (Å²) in [6.45, 7) is 3.53. The van der Waals surface area contributed by atoms with Crippen molar-refractivity contribution in [1.82, 2.24) is 5.32 Å². The van der Waals surface area contributed by atoms with Gasteiger partial charge in [0.2, 0.25) is 0 Å². The minimum absolute atomic E-state index is 0.168. The van der Waals surface area contributed by atoms with Gasteiger partial charge in [-0.25, -0.2) is 4.39 Å². The highest BCUT2D eigenvalue weighted by atomic mass is 19.1. The maximum Gasteiger partial charge on any atom is 0.123 e. The molecule has 3 heteroatoms. The molecular weight excluding hydrogens is 239 g/mol. The third-order valence-electron chi connectivity index (χ3n) is 3.47. The molecule has 2 aromatic rings. The van der Waals surface area contributed by atoms with Crippen LogP contribution in [0.25, 0.3) is 0 Å². The minimum atomic E-state index is -0.168. The molecule has 19 heavy (non-hydrogen) atoms. The fraction of sp³-hybridized carbons (Fsp3) is 0.250. The van der Waals surface area contributed by atoms with Crippen molar-refractivity contribution in [2.24, 2.45) is 0 Å². The molecule has 0 spiro atoms. The van der Waals surface area contributed by atoms with Crippen LogP contribution in [0.15, 0.2) is 48.5 Å². The monoisotopic (exact) mass is 256 g/mol. The van der Waals surface area contributed by atoms with Crippen molar-refractivity contribution >= 4 is 5.69 Å². The zero-order valence-electron chi connectivity index (χ0n) is 10.8. The van der Waals surface area contributed by atoms with Crippen molar-refractivity contribution in [1.29, 1.82) is 0 Å². The number of para-hydroxylation sites is 1. The number of nitrogens with one attached hydrogen (secondary N) is 1. The average Bonchev–Trinajstić information content (AvgIpc) is 2.62. The molecule has 0 aliphatic carbocycles. The topological polar surface area (TPSA) is 15.3 Å². The van der Waals surface area contributed by atoms with Gasteiger partial charge < -0.3 is 10.2 Å². The number of nitrogens with zero attached hydrogens (tertiary/aromatic N) is 1. The Bertz CT molecular complexity index is 568. The van der Waals surface area contributed by atoms with E-state index in [0.29, 0.717) is 0 Å². The van der Waals surface area contributed by atoms with E-state index >= 15 is 0 Å². The van der Waals surface area contributed by atoms with Gasteiger partial charge >= 0.3 is 0 Å². The second kappa shape index (κ2) is 5.41. The predicted octanol–water partition coefficient (Wildman–Crippen LogP) is 2.94. The molecule has 1 heterocycles. The molecule has 2 nitrogen and oxygen atoms in total. The van der Waals surface area contributed by atoms with Crippen molar-refractivity contribution in [2.75, 3.05) is 18.0 Å². The van der Waals surface area contributed by atoms with Gasteiger partial charge in [0.05, 0.1) is 0 Å². The third-order valence-corrected chi connectivity index (χ3v) is 3.47. The largest absolute Gasteiger partial charge is 0.366 e. The van der Waals surface area contributed by atoms with E-state index in [1.807, 2.05) is 6.07 Å². The SMILES string of the molecule is Fc1cccc(CN2CCNCc3ccccc32)c1. The number of rotatable bonds is 2. The molecule has 0 aromatic heterocycles. The Kier molecular flexibility index (Phi) is 3.47. The fourth-order valence-corrected chi connectivity index (χ4v) is 2.55. The lowest BCUT2D eigenvalue weighted by molar-refractivity contribution is 0.624. The van der Waals surface area contributed by atoms with Crippen LogP contribution < -0.4 is 10.2 Å². The van der Waals surface area contributed by atoms with Gasteiger partial charge in [0.25, 0.3) is 0 Å². The first kappa shape index (κ1) is 12.2. The van der Waals surface area contributed by atoms with E-state index in [1.165, 1.54) is 17.3 Å². The number of halogens is 1. The van der Waals surface area contributed by atoms with Crippen LogP contribution in [0.3, 0.4) is 0 Å². The Morgan fingerprint density at radius 2 is 2.00 bits per heavy atom. The fourth-order valence-electron chi connectivity index (χ4n) is 2.55. The number of hydrogen-bond acceptors (Lipinski definition) is 2. The third kappa shape index (κ3) is 2.76. The van der Waals surface area contributed by atoms with Gasteiger partial charge in [-0.2, -0.15) is 0 Å². The summed E-state index contributed by atoms with van der Waals surface area (Å²) in [7, 11) is 0. The highest BCUT2D eigenvalue weighted by molar-refractivity contribution is 5.54. The van der Waals surface area contributed by atoms with Crippen molar-refractivity contribution in [3.8, 4) is 0 Å². The number of anilines is 1. The Labute approximate surface area is 112 Å². The molecule has 0 atom stereocenters. The molecule has 2 aromatic carbocycles. The van der Waals surface area contributed by atoms with Gasteiger partial charge in [0.15, 0.2) is 0 Å². The predicted molar refractivity (Wildman–Crippen MR) is 75.6 cm³/mol.